The number of nitrogens with zero attached hydrogens (tertiary/aromatic N) is 3. The molecule has 5 heteroatoms. The highest BCUT2D eigenvalue weighted by atomic mass is 16.5. The van der Waals surface area contributed by atoms with Crippen LogP contribution >= 0.6 is 0 Å². The fraction of sp³-hybridized carbons (Fsp3) is 0.833. The molecule has 0 bridgehead atoms. The average Bonchev–Trinajstić information content (AvgIpc) is 2.66. The number of hydrogen-bond acceptors (Lipinski definition) is 4. The molecule has 1 aromatic rings. The van der Waals surface area contributed by atoms with E-state index in [0.717, 1.165) is 5.82 Å². The Labute approximate surface area is 103 Å². The van der Waals surface area contributed by atoms with Crippen molar-refractivity contribution in [2.24, 2.45) is 5.92 Å². The standard InChI is InChI=1S/C12H23N3O2/c1-8(2)12(17-5)10(16)6-11-13-7-14-15(11)9(3)4/h7-10,12,16H,6H2,1-5H3. The molecule has 5 nitrogen and oxygen atoms in total. The molecule has 0 spiro atoms. The summed E-state index contributed by atoms with van der Waals surface area (Å²) in [5.41, 5.74) is 0. The fourth-order valence-corrected chi connectivity index (χ4v) is 2.03. The first kappa shape index (κ1) is 14.1. The van der Waals surface area contributed by atoms with Crippen molar-refractivity contribution in [2.45, 2.75) is 52.4 Å². The second-order valence-electron chi connectivity index (χ2n) is 4.93. The number of rotatable bonds is 6. The molecule has 0 saturated carbocycles. The van der Waals surface area contributed by atoms with E-state index in [1.54, 1.807) is 7.11 Å². The van der Waals surface area contributed by atoms with Crippen LogP contribution in [0.1, 0.15) is 39.6 Å². The molecule has 0 aromatic carbocycles. The minimum atomic E-state index is -0.554. The van der Waals surface area contributed by atoms with Crippen molar-refractivity contribution in [3.63, 3.8) is 0 Å². The highest BCUT2D eigenvalue weighted by molar-refractivity contribution is 4.91. The average molecular weight is 241 g/mol. The van der Waals surface area contributed by atoms with Crippen molar-refractivity contribution in [1.82, 2.24) is 14.8 Å². The predicted octanol–water partition coefficient (Wildman–Crippen LogP) is 1.43. The zero-order valence-corrected chi connectivity index (χ0v) is 11.3. The SMILES string of the molecule is COC(C(C)C)C(O)Cc1ncnn1C(C)C. The Balaban J connectivity index is 2.73. The molecule has 2 unspecified atom stereocenters. The molecule has 0 amide bonds. The monoisotopic (exact) mass is 241 g/mol. The van der Waals surface area contributed by atoms with E-state index in [9.17, 15) is 5.11 Å². The Bertz CT molecular complexity index is 336. The van der Waals surface area contributed by atoms with Gasteiger partial charge in [0.05, 0.1) is 12.2 Å². The molecule has 0 saturated heterocycles. The molecule has 0 aliphatic heterocycles. The lowest BCUT2D eigenvalue weighted by molar-refractivity contribution is -0.0380. The zero-order chi connectivity index (χ0) is 13.0. The van der Waals surface area contributed by atoms with Gasteiger partial charge in [-0.25, -0.2) is 9.67 Å². The Morgan fingerprint density at radius 1 is 1.35 bits per heavy atom. The van der Waals surface area contributed by atoms with Crippen LogP contribution in [0.15, 0.2) is 6.33 Å². The lowest BCUT2D eigenvalue weighted by Crippen LogP contribution is -2.35. The second-order valence-corrected chi connectivity index (χ2v) is 4.93. The maximum Gasteiger partial charge on any atom is 0.138 e. The highest BCUT2D eigenvalue weighted by Crippen LogP contribution is 2.15. The van der Waals surface area contributed by atoms with E-state index in [1.165, 1.54) is 6.33 Å². The van der Waals surface area contributed by atoms with Crippen LogP contribution in [0.2, 0.25) is 0 Å². The van der Waals surface area contributed by atoms with E-state index < -0.39 is 6.10 Å². The van der Waals surface area contributed by atoms with E-state index in [-0.39, 0.29) is 18.1 Å². The summed E-state index contributed by atoms with van der Waals surface area (Å²) in [5.74, 6) is 1.07. The van der Waals surface area contributed by atoms with Gasteiger partial charge in [-0.15, -0.1) is 0 Å². The normalized spacial score (nSPS) is 15.5. The first-order valence-corrected chi connectivity index (χ1v) is 6.06. The first-order valence-electron chi connectivity index (χ1n) is 6.06. The van der Waals surface area contributed by atoms with Gasteiger partial charge in [-0.3, -0.25) is 0 Å². The van der Waals surface area contributed by atoms with Gasteiger partial charge in [0.15, 0.2) is 0 Å². The summed E-state index contributed by atoms with van der Waals surface area (Å²) in [6.07, 6.45) is 1.27. The van der Waals surface area contributed by atoms with Crippen LogP contribution in [0, 0.1) is 5.92 Å². The predicted molar refractivity (Wildman–Crippen MR) is 65.8 cm³/mol. The lowest BCUT2D eigenvalue weighted by atomic mass is 9.99. The third-order valence-corrected chi connectivity index (χ3v) is 2.84. The van der Waals surface area contributed by atoms with Gasteiger partial charge in [-0.2, -0.15) is 5.10 Å². The van der Waals surface area contributed by atoms with Gasteiger partial charge in [0.25, 0.3) is 0 Å². The summed E-state index contributed by atoms with van der Waals surface area (Å²) in [4.78, 5) is 4.19. The van der Waals surface area contributed by atoms with Gasteiger partial charge in [0.2, 0.25) is 0 Å². The smallest absolute Gasteiger partial charge is 0.138 e. The first-order chi connectivity index (χ1) is 7.97. The largest absolute Gasteiger partial charge is 0.390 e. The van der Waals surface area contributed by atoms with Crippen molar-refractivity contribution in [1.29, 1.82) is 0 Å². The van der Waals surface area contributed by atoms with Crippen LogP contribution in [-0.2, 0) is 11.2 Å². The topological polar surface area (TPSA) is 60.2 Å². The Morgan fingerprint density at radius 2 is 2.00 bits per heavy atom. The minimum Gasteiger partial charge on any atom is -0.390 e. The van der Waals surface area contributed by atoms with Crippen LogP contribution in [-0.4, -0.2) is 39.2 Å². The van der Waals surface area contributed by atoms with E-state index in [0.29, 0.717) is 6.42 Å². The number of aromatic nitrogens is 3. The number of aliphatic hydroxyl groups excluding tert-OH is 1. The van der Waals surface area contributed by atoms with Crippen LogP contribution < -0.4 is 0 Å². The van der Waals surface area contributed by atoms with Crippen molar-refractivity contribution >= 4 is 0 Å². The van der Waals surface area contributed by atoms with Crippen LogP contribution in [0.5, 0.6) is 0 Å². The number of aliphatic hydroxyl groups is 1. The molecule has 0 aliphatic carbocycles. The molecule has 0 fully saturated rings. The van der Waals surface area contributed by atoms with Gasteiger partial charge in [0, 0.05) is 19.6 Å². The maximum atomic E-state index is 10.2. The molecular weight excluding hydrogens is 218 g/mol. The van der Waals surface area contributed by atoms with E-state index >= 15 is 0 Å². The van der Waals surface area contributed by atoms with Gasteiger partial charge >= 0.3 is 0 Å². The number of ether oxygens (including phenoxy) is 1. The van der Waals surface area contributed by atoms with Crippen LogP contribution in [0.3, 0.4) is 0 Å². The summed E-state index contributed by atoms with van der Waals surface area (Å²) < 4.78 is 7.14. The van der Waals surface area contributed by atoms with Crippen molar-refractivity contribution in [2.75, 3.05) is 7.11 Å². The Hall–Kier alpha value is -0.940. The Kier molecular flexibility index (Phi) is 5.08. The van der Waals surface area contributed by atoms with Crippen molar-refractivity contribution in [3.8, 4) is 0 Å². The Morgan fingerprint density at radius 3 is 2.47 bits per heavy atom. The zero-order valence-electron chi connectivity index (χ0n) is 11.3. The molecule has 1 rings (SSSR count). The fourth-order valence-electron chi connectivity index (χ4n) is 2.03. The molecule has 2 atom stereocenters. The molecule has 1 N–H and O–H groups in total. The summed E-state index contributed by atoms with van der Waals surface area (Å²) in [6.45, 7) is 8.15. The quantitative estimate of drug-likeness (QED) is 0.818. The van der Waals surface area contributed by atoms with Gasteiger partial charge < -0.3 is 9.84 Å². The molecule has 1 aromatic heterocycles. The number of hydrogen-bond donors (Lipinski definition) is 1. The van der Waals surface area contributed by atoms with Gasteiger partial charge in [0.1, 0.15) is 12.2 Å². The van der Waals surface area contributed by atoms with Crippen LogP contribution in [0.25, 0.3) is 0 Å². The third-order valence-electron chi connectivity index (χ3n) is 2.84. The minimum absolute atomic E-state index is 0.174. The molecular formula is C12H23N3O2. The molecule has 1 heterocycles. The lowest BCUT2D eigenvalue weighted by Gasteiger charge is -2.25. The summed E-state index contributed by atoms with van der Waals surface area (Å²) in [7, 11) is 1.63. The van der Waals surface area contributed by atoms with E-state index in [1.807, 2.05) is 32.4 Å². The number of methoxy groups -OCH3 is 1. The van der Waals surface area contributed by atoms with E-state index in [4.69, 9.17) is 4.74 Å². The van der Waals surface area contributed by atoms with E-state index in [2.05, 4.69) is 10.1 Å². The second kappa shape index (κ2) is 6.12. The maximum absolute atomic E-state index is 10.2. The van der Waals surface area contributed by atoms with Crippen LogP contribution in [0.4, 0.5) is 0 Å². The summed E-state index contributed by atoms with van der Waals surface area (Å²) in [6, 6.07) is 0.250. The summed E-state index contributed by atoms with van der Waals surface area (Å²) >= 11 is 0. The van der Waals surface area contributed by atoms with Crippen molar-refractivity contribution < 1.29 is 9.84 Å². The highest BCUT2D eigenvalue weighted by Gasteiger charge is 2.24. The van der Waals surface area contributed by atoms with Gasteiger partial charge in [-0.1, -0.05) is 13.8 Å². The molecule has 0 radical (unpaired) electrons. The molecule has 98 valence electrons. The van der Waals surface area contributed by atoms with Crippen molar-refractivity contribution in [3.05, 3.63) is 12.2 Å². The molecule has 17 heavy (non-hydrogen) atoms. The summed E-state index contributed by atoms with van der Waals surface area (Å²) in [5, 5.41) is 14.3. The third kappa shape index (κ3) is 3.51. The molecule has 0 aliphatic rings. The van der Waals surface area contributed by atoms with Gasteiger partial charge in [-0.05, 0) is 19.8 Å².